The van der Waals surface area contributed by atoms with Gasteiger partial charge >= 0.3 is 0 Å². The Bertz CT molecular complexity index is 476. The van der Waals surface area contributed by atoms with Crippen molar-refractivity contribution in [2.45, 2.75) is 39.8 Å². The average molecular weight is 319 g/mol. The van der Waals surface area contributed by atoms with Crippen LogP contribution in [-0.4, -0.2) is 25.2 Å². The molecular weight excluding hydrogens is 298 g/mol. The summed E-state index contributed by atoms with van der Waals surface area (Å²) in [6, 6.07) is 3.99. The van der Waals surface area contributed by atoms with Crippen LogP contribution in [0.5, 0.6) is 0 Å². The Morgan fingerprint density at radius 1 is 1.25 bits per heavy atom. The molecule has 0 amide bonds. The largest absolute Gasteiger partial charge is 0.366 e. The number of halogens is 3. The highest BCUT2D eigenvalue weighted by atomic mass is 35.5. The molecule has 1 saturated heterocycles. The first-order chi connectivity index (χ1) is 9.20. The van der Waals surface area contributed by atoms with Gasteiger partial charge in [0, 0.05) is 30.9 Å². The fraction of sp³-hybridized carbons (Fsp3) is 0.600. The number of nitrogens with one attached hydrogen (secondary N) is 1. The maximum Gasteiger partial charge on any atom is 0.160 e. The van der Waals surface area contributed by atoms with Gasteiger partial charge in [0.15, 0.2) is 5.82 Å². The topological polar surface area (TPSA) is 15.3 Å². The molecule has 0 radical (unpaired) electrons. The van der Waals surface area contributed by atoms with Crippen LogP contribution in [0.1, 0.15) is 27.7 Å². The van der Waals surface area contributed by atoms with Gasteiger partial charge in [0.05, 0.1) is 10.0 Å². The molecule has 0 bridgehead atoms. The molecule has 1 fully saturated rings. The maximum atomic E-state index is 13.5. The Morgan fingerprint density at radius 3 is 2.30 bits per heavy atom. The molecule has 2 unspecified atom stereocenters. The van der Waals surface area contributed by atoms with E-state index in [-0.39, 0.29) is 15.5 Å². The third-order valence-corrected chi connectivity index (χ3v) is 4.47. The molecule has 1 aromatic rings. The Kier molecular flexibility index (Phi) is 4.53. The molecule has 0 aliphatic carbocycles. The maximum absolute atomic E-state index is 13.5. The van der Waals surface area contributed by atoms with Crippen molar-refractivity contribution in [2.75, 3.05) is 18.0 Å². The lowest BCUT2D eigenvalue weighted by Crippen LogP contribution is -2.59. The fourth-order valence-electron chi connectivity index (χ4n) is 2.51. The minimum atomic E-state index is -0.549. The summed E-state index contributed by atoms with van der Waals surface area (Å²) >= 11 is 11.8. The molecule has 2 atom stereocenters. The Labute approximate surface area is 130 Å². The standard InChI is InChI=1S/C15H21Cl2FN2/c1-9-7-19-13(15(2,3)4)8-20(9)10-5-11(16)14(18)12(17)6-10/h5-6,9,13,19H,7-8H2,1-4H3. The first kappa shape index (κ1) is 15.9. The van der Waals surface area contributed by atoms with Crippen LogP contribution in [0.4, 0.5) is 10.1 Å². The van der Waals surface area contributed by atoms with Gasteiger partial charge in [0.25, 0.3) is 0 Å². The van der Waals surface area contributed by atoms with Gasteiger partial charge in [0.1, 0.15) is 0 Å². The van der Waals surface area contributed by atoms with Gasteiger partial charge in [0.2, 0.25) is 0 Å². The van der Waals surface area contributed by atoms with Gasteiger partial charge in [-0.15, -0.1) is 0 Å². The van der Waals surface area contributed by atoms with E-state index in [9.17, 15) is 4.39 Å². The SMILES string of the molecule is CC1CNC(C(C)(C)C)CN1c1cc(Cl)c(F)c(Cl)c1. The molecule has 2 rings (SSSR count). The number of anilines is 1. The lowest BCUT2D eigenvalue weighted by Gasteiger charge is -2.45. The lowest BCUT2D eigenvalue weighted by atomic mass is 9.84. The van der Waals surface area contributed by atoms with Crippen molar-refractivity contribution in [1.29, 1.82) is 0 Å². The van der Waals surface area contributed by atoms with Crippen molar-refractivity contribution < 1.29 is 4.39 Å². The van der Waals surface area contributed by atoms with E-state index < -0.39 is 5.82 Å². The van der Waals surface area contributed by atoms with Crippen LogP contribution in [0.15, 0.2) is 12.1 Å². The molecule has 1 aromatic carbocycles. The van der Waals surface area contributed by atoms with Crippen LogP contribution in [0.3, 0.4) is 0 Å². The minimum Gasteiger partial charge on any atom is -0.366 e. The van der Waals surface area contributed by atoms with E-state index in [1.54, 1.807) is 12.1 Å². The van der Waals surface area contributed by atoms with E-state index >= 15 is 0 Å². The molecule has 1 aliphatic rings. The molecule has 1 aliphatic heterocycles. The van der Waals surface area contributed by atoms with E-state index in [2.05, 4.69) is 37.9 Å². The number of hydrogen-bond acceptors (Lipinski definition) is 2. The van der Waals surface area contributed by atoms with E-state index in [0.717, 1.165) is 18.8 Å². The summed E-state index contributed by atoms with van der Waals surface area (Å²) < 4.78 is 13.5. The second kappa shape index (κ2) is 5.70. The summed E-state index contributed by atoms with van der Waals surface area (Å²) in [5.41, 5.74) is 1.04. The summed E-state index contributed by atoms with van der Waals surface area (Å²) in [4.78, 5) is 2.24. The quantitative estimate of drug-likeness (QED) is 0.775. The summed E-state index contributed by atoms with van der Waals surface area (Å²) in [6.45, 7) is 10.5. The molecule has 0 spiro atoms. The van der Waals surface area contributed by atoms with Crippen molar-refractivity contribution in [3.05, 3.63) is 28.0 Å². The summed E-state index contributed by atoms with van der Waals surface area (Å²) in [6.07, 6.45) is 0. The Morgan fingerprint density at radius 2 is 1.80 bits per heavy atom. The molecule has 0 aromatic heterocycles. The van der Waals surface area contributed by atoms with Gasteiger partial charge in [-0.3, -0.25) is 0 Å². The first-order valence-electron chi connectivity index (χ1n) is 6.84. The number of piperazine rings is 1. The van der Waals surface area contributed by atoms with Gasteiger partial charge < -0.3 is 10.2 Å². The third kappa shape index (κ3) is 3.21. The van der Waals surface area contributed by atoms with Crippen molar-refractivity contribution >= 4 is 28.9 Å². The van der Waals surface area contributed by atoms with E-state index in [0.29, 0.717) is 12.1 Å². The number of rotatable bonds is 1. The smallest absolute Gasteiger partial charge is 0.160 e. The Balaban J connectivity index is 2.30. The van der Waals surface area contributed by atoms with Gasteiger partial charge in [-0.25, -0.2) is 4.39 Å². The van der Waals surface area contributed by atoms with E-state index in [4.69, 9.17) is 23.2 Å². The molecule has 20 heavy (non-hydrogen) atoms. The first-order valence-corrected chi connectivity index (χ1v) is 7.60. The normalized spacial score (nSPS) is 24.1. The van der Waals surface area contributed by atoms with Gasteiger partial charge in [-0.2, -0.15) is 0 Å². The Hall–Kier alpha value is -0.510. The number of benzene rings is 1. The van der Waals surface area contributed by atoms with Gasteiger partial charge in [-0.1, -0.05) is 44.0 Å². The molecule has 1 N–H and O–H groups in total. The van der Waals surface area contributed by atoms with Crippen molar-refractivity contribution in [1.82, 2.24) is 5.32 Å². The van der Waals surface area contributed by atoms with Crippen molar-refractivity contribution in [2.24, 2.45) is 5.41 Å². The minimum absolute atomic E-state index is 0.0746. The van der Waals surface area contributed by atoms with Crippen molar-refractivity contribution in [3.8, 4) is 0 Å². The highest BCUT2D eigenvalue weighted by Crippen LogP contribution is 2.32. The molecular formula is C15H21Cl2FN2. The van der Waals surface area contributed by atoms with Crippen LogP contribution in [-0.2, 0) is 0 Å². The second-order valence-corrected chi connectivity index (χ2v) is 7.37. The third-order valence-electron chi connectivity index (χ3n) is 3.92. The van der Waals surface area contributed by atoms with Gasteiger partial charge in [-0.05, 0) is 24.5 Å². The molecule has 1 heterocycles. The van der Waals surface area contributed by atoms with Crippen LogP contribution in [0, 0.1) is 11.2 Å². The fourth-order valence-corrected chi connectivity index (χ4v) is 2.99. The summed E-state index contributed by atoms with van der Waals surface area (Å²) in [5, 5.41) is 3.72. The zero-order valence-corrected chi connectivity index (χ0v) is 13.8. The second-order valence-electron chi connectivity index (χ2n) is 6.55. The summed E-state index contributed by atoms with van der Waals surface area (Å²) in [7, 11) is 0. The van der Waals surface area contributed by atoms with E-state index in [1.807, 2.05) is 0 Å². The lowest BCUT2D eigenvalue weighted by molar-refractivity contribution is 0.239. The zero-order valence-electron chi connectivity index (χ0n) is 12.3. The molecule has 2 nitrogen and oxygen atoms in total. The monoisotopic (exact) mass is 318 g/mol. The molecule has 0 saturated carbocycles. The highest BCUT2D eigenvalue weighted by Gasteiger charge is 2.32. The predicted octanol–water partition coefficient (Wildman–Crippen LogP) is 4.35. The van der Waals surface area contributed by atoms with Crippen LogP contribution < -0.4 is 10.2 Å². The average Bonchev–Trinajstić information content (AvgIpc) is 2.34. The summed E-state index contributed by atoms with van der Waals surface area (Å²) in [5.74, 6) is -0.549. The molecule has 112 valence electrons. The van der Waals surface area contributed by atoms with E-state index in [1.165, 1.54) is 0 Å². The van der Waals surface area contributed by atoms with Crippen LogP contribution in [0.2, 0.25) is 10.0 Å². The highest BCUT2D eigenvalue weighted by molar-refractivity contribution is 6.35. The molecule has 5 heteroatoms. The number of hydrogen-bond donors (Lipinski definition) is 1. The van der Waals surface area contributed by atoms with Crippen LogP contribution in [0.25, 0.3) is 0 Å². The van der Waals surface area contributed by atoms with Crippen LogP contribution >= 0.6 is 23.2 Å². The zero-order chi connectivity index (χ0) is 15.1. The predicted molar refractivity (Wildman–Crippen MR) is 84.5 cm³/mol. The number of nitrogens with zero attached hydrogens (tertiary/aromatic N) is 1. The van der Waals surface area contributed by atoms with Crippen molar-refractivity contribution in [3.63, 3.8) is 0 Å².